The molecule has 19 heavy (non-hydrogen) atoms. The minimum atomic E-state index is 0.375. The van der Waals surface area contributed by atoms with Crippen LogP contribution in [0.1, 0.15) is 6.42 Å². The van der Waals surface area contributed by atoms with Crippen molar-refractivity contribution in [2.75, 3.05) is 27.2 Å². The van der Waals surface area contributed by atoms with Crippen LogP contribution >= 0.6 is 0 Å². The molecule has 0 saturated carbocycles. The highest BCUT2D eigenvalue weighted by atomic mass is 16.5. The zero-order valence-electron chi connectivity index (χ0n) is 11.7. The molecule has 0 amide bonds. The van der Waals surface area contributed by atoms with Gasteiger partial charge in [-0.15, -0.1) is 0 Å². The number of fused-ring (bicyclic) bond motifs is 1. The molecule has 0 radical (unpaired) electrons. The molecule has 0 aliphatic heterocycles. The first kappa shape index (κ1) is 13.8. The summed E-state index contributed by atoms with van der Waals surface area (Å²) in [6, 6.07) is 14.9. The molecule has 3 heteroatoms. The summed E-state index contributed by atoms with van der Waals surface area (Å²) in [4.78, 5) is 2.14. The predicted octanol–water partition coefficient (Wildman–Crippen LogP) is 2.50. The van der Waals surface area contributed by atoms with Gasteiger partial charge in [-0.3, -0.25) is 0 Å². The highest BCUT2D eigenvalue weighted by molar-refractivity contribution is 5.83. The minimum absolute atomic E-state index is 0.375. The average molecular weight is 258 g/mol. The van der Waals surface area contributed by atoms with Crippen LogP contribution < -0.4 is 10.5 Å². The second-order valence-electron chi connectivity index (χ2n) is 5.00. The Balaban J connectivity index is 1.94. The molecule has 0 bridgehead atoms. The summed E-state index contributed by atoms with van der Waals surface area (Å²) in [5.74, 6) is 0.924. The lowest BCUT2D eigenvalue weighted by atomic mass is 10.1. The van der Waals surface area contributed by atoms with E-state index in [1.165, 1.54) is 10.8 Å². The topological polar surface area (TPSA) is 38.5 Å². The number of hydrogen-bond donors (Lipinski definition) is 1. The third-order valence-corrected chi connectivity index (χ3v) is 3.44. The summed E-state index contributed by atoms with van der Waals surface area (Å²) in [6.07, 6.45) is 0.941. The standard InChI is InChI=1S/C16H22N2O/c1-18(2)15(12-17)9-10-19-16-8-7-13-5-3-4-6-14(13)11-16/h3-8,11,15H,9-10,12,17H2,1-2H3. The van der Waals surface area contributed by atoms with Gasteiger partial charge in [-0.2, -0.15) is 0 Å². The summed E-state index contributed by atoms with van der Waals surface area (Å²) < 4.78 is 5.81. The van der Waals surface area contributed by atoms with Crippen LogP contribution in [0.4, 0.5) is 0 Å². The fourth-order valence-electron chi connectivity index (χ4n) is 2.16. The fourth-order valence-corrected chi connectivity index (χ4v) is 2.16. The molecule has 0 heterocycles. The number of ether oxygens (including phenoxy) is 1. The number of rotatable bonds is 6. The van der Waals surface area contributed by atoms with Gasteiger partial charge in [0.1, 0.15) is 5.75 Å². The molecule has 102 valence electrons. The highest BCUT2D eigenvalue weighted by Crippen LogP contribution is 2.20. The third-order valence-electron chi connectivity index (χ3n) is 3.44. The maximum Gasteiger partial charge on any atom is 0.119 e. The molecule has 0 fully saturated rings. The lowest BCUT2D eigenvalue weighted by Crippen LogP contribution is -2.36. The summed E-state index contributed by atoms with van der Waals surface area (Å²) in [6.45, 7) is 1.35. The molecule has 3 nitrogen and oxygen atoms in total. The van der Waals surface area contributed by atoms with Crippen LogP contribution in [-0.2, 0) is 0 Å². The van der Waals surface area contributed by atoms with E-state index < -0.39 is 0 Å². The van der Waals surface area contributed by atoms with Gasteiger partial charge < -0.3 is 15.4 Å². The van der Waals surface area contributed by atoms with Gasteiger partial charge in [0.25, 0.3) is 0 Å². The molecule has 2 aromatic carbocycles. The van der Waals surface area contributed by atoms with E-state index in [0.717, 1.165) is 12.2 Å². The van der Waals surface area contributed by atoms with Crippen LogP contribution in [0, 0.1) is 0 Å². The van der Waals surface area contributed by atoms with Gasteiger partial charge in [0.05, 0.1) is 6.61 Å². The van der Waals surface area contributed by atoms with Crippen molar-refractivity contribution in [2.24, 2.45) is 5.73 Å². The first-order chi connectivity index (χ1) is 9.20. The molecule has 2 aromatic rings. The van der Waals surface area contributed by atoms with Crippen molar-refractivity contribution in [1.29, 1.82) is 0 Å². The van der Waals surface area contributed by atoms with Crippen LogP contribution in [0.2, 0.25) is 0 Å². The van der Waals surface area contributed by atoms with Crippen molar-refractivity contribution in [3.8, 4) is 5.75 Å². The van der Waals surface area contributed by atoms with E-state index in [4.69, 9.17) is 10.5 Å². The molecular weight excluding hydrogens is 236 g/mol. The average Bonchev–Trinajstić information content (AvgIpc) is 2.43. The first-order valence-electron chi connectivity index (χ1n) is 6.69. The summed E-state index contributed by atoms with van der Waals surface area (Å²) in [5.41, 5.74) is 5.73. The normalized spacial score (nSPS) is 12.8. The van der Waals surface area contributed by atoms with E-state index >= 15 is 0 Å². The Morgan fingerprint density at radius 2 is 1.84 bits per heavy atom. The van der Waals surface area contributed by atoms with Gasteiger partial charge in [-0.05, 0) is 43.4 Å². The smallest absolute Gasteiger partial charge is 0.119 e. The van der Waals surface area contributed by atoms with E-state index in [2.05, 4.69) is 29.2 Å². The first-order valence-corrected chi connectivity index (χ1v) is 6.69. The molecule has 0 aliphatic rings. The quantitative estimate of drug-likeness (QED) is 0.865. The van der Waals surface area contributed by atoms with Gasteiger partial charge in [0.2, 0.25) is 0 Å². The Hall–Kier alpha value is -1.58. The molecule has 1 atom stereocenters. The van der Waals surface area contributed by atoms with Crippen molar-refractivity contribution < 1.29 is 4.74 Å². The number of likely N-dealkylation sites (N-methyl/N-ethyl adjacent to an activating group) is 1. The SMILES string of the molecule is CN(C)C(CN)CCOc1ccc2ccccc2c1. The predicted molar refractivity (Wildman–Crippen MR) is 80.6 cm³/mol. The number of nitrogens with two attached hydrogens (primary N) is 1. The van der Waals surface area contributed by atoms with Gasteiger partial charge in [-0.1, -0.05) is 30.3 Å². The second-order valence-corrected chi connectivity index (χ2v) is 5.00. The largest absolute Gasteiger partial charge is 0.494 e. The third kappa shape index (κ3) is 3.69. The van der Waals surface area contributed by atoms with Gasteiger partial charge in [-0.25, -0.2) is 0 Å². The Morgan fingerprint density at radius 3 is 2.53 bits per heavy atom. The summed E-state index contributed by atoms with van der Waals surface area (Å²) in [7, 11) is 4.10. The highest BCUT2D eigenvalue weighted by Gasteiger charge is 2.08. The monoisotopic (exact) mass is 258 g/mol. The maximum absolute atomic E-state index is 5.81. The van der Waals surface area contributed by atoms with Crippen molar-refractivity contribution in [3.63, 3.8) is 0 Å². The van der Waals surface area contributed by atoms with Gasteiger partial charge >= 0.3 is 0 Å². The Bertz CT molecular complexity index is 525. The lowest BCUT2D eigenvalue weighted by Gasteiger charge is -2.22. The molecule has 2 N–H and O–H groups in total. The van der Waals surface area contributed by atoms with Crippen molar-refractivity contribution in [2.45, 2.75) is 12.5 Å². The number of nitrogens with zero attached hydrogens (tertiary/aromatic N) is 1. The van der Waals surface area contributed by atoms with Crippen LogP contribution in [0.15, 0.2) is 42.5 Å². The Labute approximate surface area is 115 Å². The fraction of sp³-hybridized carbons (Fsp3) is 0.375. The number of benzene rings is 2. The summed E-state index contributed by atoms with van der Waals surface area (Å²) in [5, 5.41) is 2.45. The zero-order valence-corrected chi connectivity index (χ0v) is 11.7. The molecule has 0 aliphatic carbocycles. The van der Waals surface area contributed by atoms with Gasteiger partial charge in [0.15, 0.2) is 0 Å². The van der Waals surface area contributed by atoms with E-state index in [-0.39, 0.29) is 0 Å². The molecule has 1 unspecified atom stereocenters. The zero-order chi connectivity index (χ0) is 13.7. The molecule has 0 spiro atoms. The Morgan fingerprint density at radius 1 is 1.11 bits per heavy atom. The Kier molecular flexibility index (Phi) is 4.77. The molecule has 0 aromatic heterocycles. The minimum Gasteiger partial charge on any atom is -0.494 e. The van der Waals surface area contributed by atoms with Crippen molar-refractivity contribution in [3.05, 3.63) is 42.5 Å². The second kappa shape index (κ2) is 6.55. The maximum atomic E-state index is 5.81. The molecule has 2 rings (SSSR count). The van der Waals surface area contributed by atoms with E-state index in [0.29, 0.717) is 19.2 Å². The van der Waals surface area contributed by atoms with Crippen LogP contribution in [0.3, 0.4) is 0 Å². The van der Waals surface area contributed by atoms with Crippen LogP contribution in [0.5, 0.6) is 5.75 Å². The van der Waals surface area contributed by atoms with E-state index in [9.17, 15) is 0 Å². The van der Waals surface area contributed by atoms with E-state index in [1.54, 1.807) is 0 Å². The van der Waals surface area contributed by atoms with Crippen molar-refractivity contribution in [1.82, 2.24) is 4.90 Å². The number of hydrogen-bond acceptors (Lipinski definition) is 3. The molecule has 0 saturated heterocycles. The van der Waals surface area contributed by atoms with E-state index in [1.807, 2.05) is 32.3 Å². The summed E-state index contributed by atoms with van der Waals surface area (Å²) >= 11 is 0. The van der Waals surface area contributed by atoms with Crippen LogP contribution in [-0.4, -0.2) is 38.2 Å². The van der Waals surface area contributed by atoms with Crippen LogP contribution in [0.25, 0.3) is 10.8 Å². The van der Waals surface area contributed by atoms with Crippen molar-refractivity contribution >= 4 is 10.8 Å². The lowest BCUT2D eigenvalue weighted by molar-refractivity contribution is 0.226. The van der Waals surface area contributed by atoms with Gasteiger partial charge in [0, 0.05) is 12.6 Å². The molecular formula is C16H22N2O.